The van der Waals surface area contributed by atoms with Crippen LogP contribution in [-0.2, 0) is 0 Å². The smallest absolute Gasteiger partial charge is 0.231 e. The normalized spacial score (nSPS) is 17.3. The van der Waals surface area contributed by atoms with Crippen molar-refractivity contribution in [3.8, 4) is 0 Å². The van der Waals surface area contributed by atoms with Gasteiger partial charge in [-0.05, 0) is 25.2 Å². The monoisotopic (exact) mass is 292 g/mol. The van der Waals surface area contributed by atoms with Crippen LogP contribution in [0.5, 0.6) is 0 Å². The van der Waals surface area contributed by atoms with Crippen molar-refractivity contribution in [2.75, 3.05) is 42.7 Å². The zero-order valence-corrected chi connectivity index (χ0v) is 13.7. The maximum atomic E-state index is 4.48. The molecule has 0 aromatic carbocycles. The Balaban J connectivity index is 2.07. The first-order chi connectivity index (χ1) is 10.0. The summed E-state index contributed by atoms with van der Waals surface area (Å²) >= 11 is 0. The summed E-state index contributed by atoms with van der Waals surface area (Å²) in [5, 5.41) is 6.58. The third-order valence-electron chi connectivity index (χ3n) is 4.09. The maximum Gasteiger partial charge on any atom is 0.231 e. The van der Waals surface area contributed by atoms with E-state index >= 15 is 0 Å². The average molecular weight is 292 g/mol. The Morgan fingerprint density at radius 3 is 2.19 bits per heavy atom. The van der Waals surface area contributed by atoms with Crippen LogP contribution in [0.2, 0.25) is 0 Å². The first-order valence-electron chi connectivity index (χ1n) is 7.93. The van der Waals surface area contributed by atoms with Gasteiger partial charge < -0.3 is 15.5 Å². The molecule has 118 valence electrons. The summed E-state index contributed by atoms with van der Waals surface area (Å²) in [5.74, 6) is 1.97. The standard InChI is InChI=1S/C15H28N6/c1-5-16-12-18-13(20-14(19-12)21(3)4)17-11-15(2)9-7-6-8-10-15/h5-11H2,1-4H3,(H2,16,17,18,19,20). The third-order valence-corrected chi connectivity index (χ3v) is 4.09. The summed E-state index contributed by atoms with van der Waals surface area (Å²) in [4.78, 5) is 15.2. The summed E-state index contributed by atoms with van der Waals surface area (Å²) in [6, 6.07) is 0. The van der Waals surface area contributed by atoms with Gasteiger partial charge in [0, 0.05) is 27.2 Å². The molecule has 0 bridgehead atoms. The third kappa shape index (κ3) is 4.44. The van der Waals surface area contributed by atoms with Crippen molar-refractivity contribution in [2.24, 2.45) is 5.41 Å². The van der Waals surface area contributed by atoms with E-state index in [0.717, 1.165) is 13.1 Å². The molecule has 0 unspecified atom stereocenters. The maximum absolute atomic E-state index is 4.48. The van der Waals surface area contributed by atoms with E-state index in [0.29, 0.717) is 23.3 Å². The predicted octanol–water partition coefficient (Wildman–Crippen LogP) is 2.75. The van der Waals surface area contributed by atoms with E-state index in [-0.39, 0.29) is 0 Å². The molecule has 0 spiro atoms. The van der Waals surface area contributed by atoms with E-state index in [9.17, 15) is 0 Å². The first kappa shape index (κ1) is 15.8. The second kappa shape index (κ2) is 6.91. The molecule has 1 aliphatic rings. The topological polar surface area (TPSA) is 66.0 Å². The Morgan fingerprint density at radius 2 is 1.62 bits per heavy atom. The number of hydrogen-bond acceptors (Lipinski definition) is 6. The fraction of sp³-hybridized carbons (Fsp3) is 0.800. The Morgan fingerprint density at radius 1 is 1.00 bits per heavy atom. The van der Waals surface area contributed by atoms with Gasteiger partial charge in [-0.15, -0.1) is 0 Å². The van der Waals surface area contributed by atoms with E-state index in [1.165, 1.54) is 32.1 Å². The Labute approximate surface area is 127 Å². The minimum atomic E-state index is 0.363. The van der Waals surface area contributed by atoms with Gasteiger partial charge >= 0.3 is 0 Å². The molecule has 6 heteroatoms. The number of nitrogens with one attached hydrogen (secondary N) is 2. The van der Waals surface area contributed by atoms with Crippen LogP contribution < -0.4 is 15.5 Å². The van der Waals surface area contributed by atoms with Crippen molar-refractivity contribution in [2.45, 2.75) is 46.0 Å². The molecule has 0 atom stereocenters. The van der Waals surface area contributed by atoms with Crippen molar-refractivity contribution in [1.82, 2.24) is 15.0 Å². The summed E-state index contributed by atoms with van der Waals surface area (Å²) in [5.41, 5.74) is 0.363. The van der Waals surface area contributed by atoms with Crippen LogP contribution in [0.1, 0.15) is 46.0 Å². The molecule has 2 rings (SSSR count). The Bertz CT molecular complexity index is 453. The summed E-state index contributed by atoms with van der Waals surface area (Å²) in [6.07, 6.45) is 6.61. The lowest BCUT2D eigenvalue weighted by molar-refractivity contribution is 0.233. The highest BCUT2D eigenvalue weighted by Crippen LogP contribution is 2.35. The van der Waals surface area contributed by atoms with Crippen LogP contribution in [0.25, 0.3) is 0 Å². The molecular weight excluding hydrogens is 264 g/mol. The van der Waals surface area contributed by atoms with Gasteiger partial charge in [-0.2, -0.15) is 15.0 Å². The van der Waals surface area contributed by atoms with E-state index in [4.69, 9.17) is 0 Å². The van der Waals surface area contributed by atoms with Crippen LogP contribution in [-0.4, -0.2) is 42.1 Å². The fourth-order valence-corrected chi connectivity index (χ4v) is 2.76. The van der Waals surface area contributed by atoms with Crippen molar-refractivity contribution in [3.05, 3.63) is 0 Å². The highest BCUT2D eigenvalue weighted by Gasteiger charge is 2.26. The quantitative estimate of drug-likeness (QED) is 0.840. The molecular formula is C15H28N6. The van der Waals surface area contributed by atoms with Crippen molar-refractivity contribution >= 4 is 17.8 Å². The van der Waals surface area contributed by atoms with Crippen LogP contribution in [0, 0.1) is 5.41 Å². The molecule has 0 saturated heterocycles. The SMILES string of the molecule is CCNc1nc(NCC2(C)CCCCC2)nc(N(C)C)n1. The highest BCUT2D eigenvalue weighted by atomic mass is 15.3. The average Bonchev–Trinajstić information content (AvgIpc) is 2.46. The van der Waals surface area contributed by atoms with Crippen molar-refractivity contribution in [3.63, 3.8) is 0 Å². The number of aromatic nitrogens is 3. The van der Waals surface area contributed by atoms with E-state index in [1.807, 2.05) is 25.9 Å². The lowest BCUT2D eigenvalue weighted by Crippen LogP contribution is -2.29. The number of hydrogen-bond donors (Lipinski definition) is 2. The minimum absolute atomic E-state index is 0.363. The Hall–Kier alpha value is -1.59. The second-order valence-electron chi connectivity index (χ2n) is 6.43. The van der Waals surface area contributed by atoms with Gasteiger partial charge in [-0.1, -0.05) is 26.2 Å². The Kier molecular flexibility index (Phi) is 5.20. The van der Waals surface area contributed by atoms with Gasteiger partial charge in [0.1, 0.15) is 0 Å². The molecule has 1 aliphatic carbocycles. The van der Waals surface area contributed by atoms with Gasteiger partial charge in [0.2, 0.25) is 17.8 Å². The number of anilines is 3. The fourth-order valence-electron chi connectivity index (χ4n) is 2.76. The molecule has 1 aromatic heterocycles. The van der Waals surface area contributed by atoms with Crippen molar-refractivity contribution < 1.29 is 0 Å². The van der Waals surface area contributed by atoms with Crippen molar-refractivity contribution in [1.29, 1.82) is 0 Å². The van der Waals surface area contributed by atoms with Gasteiger partial charge in [-0.3, -0.25) is 0 Å². The highest BCUT2D eigenvalue weighted by molar-refractivity contribution is 5.43. The molecule has 0 amide bonds. The molecule has 21 heavy (non-hydrogen) atoms. The minimum Gasteiger partial charge on any atom is -0.354 e. The number of nitrogens with zero attached hydrogens (tertiary/aromatic N) is 4. The van der Waals surface area contributed by atoms with E-state index in [2.05, 4.69) is 32.5 Å². The molecule has 1 heterocycles. The zero-order valence-electron chi connectivity index (χ0n) is 13.7. The van der Waals surface area contributed by atoms with Gasteiger partial charge in [0.15, 0.2) is 0 Å². The van der Waals surface area contributed by atoms with Crippen LogP contribution in [0.3, 0.4) is 0 Å². The van der Waals surface area contributed by atoms with E-state index < -0.39 is 0 Å². The van der Waals surface area contributed by atoms with Gasteiger partial charge in [0.05, 0.1) is 0 Å². The zero-order chi connectivity index (χ0) is 15.3. The number of rotatable bonds is 6. The largest absolute Gasteiger partial charge is 0.354 e. The first-order valence-corrected chi connectivity index (χ1v) is 7.93. The van der Waals surface area contributed by atoms with Gasteiger partial charge in [0.25, 0.3) is 0 Å². The summed E-state index contributed by atoms with van der Waals surface area (Å²) in [7, 11) is 3.88. The summed E-state index contributed by atoms with van der Waals surface area (Å²) < 4.78 is 0. The molecule has 1 aromatic rings. The second-order valence-corrected chi connectivity index (χ2v) is 6.43. The molecule has 1 fully saturated rings. The van der Waals surface area contributed by atoms with Crippen LogP contribution in [0.15, 0.2) is 0 Å². The molecule has 0 aliphatic heterocycles. The molecule has 2 N–H and O–H groups in total. The molecule has 0 radical (unpaired) electrons. The summed E-state index contributed by atoms with van der Waals surface area (Å²) in [6.45, 7) is 6.12. The lowest BCUT2D eigenvalue weighted by Gasteiger charge is -2.33. The lowest BCUT2D eigenvalue weighted by atomic mass is 9.76. The molecule has 1 saturated carbocycles. The predicted molar refractivity (Wildman–Crippen MR) is 88.0 cm³/mol. The van der Waals surface area contributed by atoms with Crippen LogP contribution >= 0.6 is 0 Å². The van der Waals surface area contributed by atoms with Crippen LogP contribution in [0.4, 0.5) is 17.8 Å². The van der Waals surface area contributed by atoms with E-state index in [1.54, 1.807) is 0 Å². The molecule has 6 nitrogen and oxygen atoms in total. The van der Waals surface area contributed by atoms with Gasteiger partial charge in [-0.25, -0.2) is 0 Å².